The minimum Gasteiger partial charge on any atom is -0.493 e. The fraction of sp³-hybridized carbons (Fsp3) is 0.182. The third-order valence-electron chi connectivity index (χ3n) is 1.51. The predicted molar refractivity (Wildman–Crippen MR) is 51.3 cm³/mol. The predicted octanol–water partition coefficient (Wildman–Crippen LogP) is 2.09. The molecule has 1 aromatic carbocycles. The van der Waals surface area contributed by atoms with E-state index in [2.05, 4.69) is 5.73 Å². The molecule has 0 aromatic heterocycles. The average Bonchev–Trinajstić information content (AvgIpc) is 2.17. The van der Waals surface area contributed by atoms with Crippen molar-refractivity contribution < 1.29 is 9.53 Å². The summed E-state index contributed by atoms with van der Waals surface area (Å²) in [5, 5.41) is 0. The first-order valence-electron chi connectivity index (χ1n) is 4.06. The molecule has 1 aromatic rings. The Labute approximate surface area is 77.2 Å². The summed E-state index contributed by atoms with van der Waals surface area (Å²) in [4.78, 5) is 9.94. The first-order chi connectivity index (χ1) is 6.38. The van der Waals surface area contributed by atoms with Crippen molar-refractivity contribution in [1.82, 2.24) is 0 Å². The summed E-state index contributed by atoms with van der Waals surface area (Å²) in [6.07, 6.45) is 1.55. The van der Waals surface area contributed by atoms with E-state index < -0.39 is 0 Å². The molecule has 2 nitrogen and oxygen atoms in total. The van der Waals surface area contributed by atoms with Crippen LogP contribution < -0.4 is 4.74 Å². The van der Waals surface area contributed by atoms with Gasteiger partial charge < -0.3 is 4.74 Å². The molecule has 0 aliphatic carbocycles. The number of rotatable bonds is 3. The summed E-state index contributed by atoms with van der Waals surface area (Å²) in [6.45, 7) is 2.52. The minimum atomic E-state index is 0.607. The van der Waals surface area contributed by atoms with E-state index in [0.29, 0.717) is 6.61 Å². The van der Waals surface area contributed by atoms with Crippen LogP contribution in [0.5, 0.6) is 5.75 Å². The van der Waals surface area contributed by atoms with Crippen LogP contribution in [0.1, 0.15) is 12.5 Å². The maximum Gasteiger partial charge on any atom is 0.177 e. The Hall–Kier alpha value is -1.75. The van der Waals surface area contributed by atoms with Gasteiger partial charge in [0.15, 0.2) is 5.94 Å². The molecule has 0 bridgehead atoms. The van der Waals surface area contributed by atoms with Crippen LogP contribution in [0.2, 0.25) is 0 Å². The Kier molecular flexibility index (Phi) is 3.59. The number of ether oxygens (including phenoxy) is 1. The molecular weight excluding hydrogens is 164 g/mol. The third-order valence-corrected chi connectivity index (χ3v) is 1.51. The van der Waals surface area contributed by atoms with Gasteiger partial charge in [0.1, 0.15) is 5.75 Å². The van der Waals surface area contributed by atoms with Crippen LogP contribution in [0.25, 0.3) is 6.08 Å². The van der Waals surface area contributed by atoms with Gasteiger partial charge in [-0.15, -0.1) is 0 Å². The van der Waals surface area contributed by atoms with Gasteiger partial charge >= 0.3 is 0 Å². The van der Waals surface area contributed by atoms with E-state index in [4.69, 9.17) is 4.74 Å². The second-order valence-electron chi connectivity index (χ2n) is 2.36. The van der Waals surface area contributed by atoms with Crippen LogP contribution >= 0.6 is 0 Å². The van der Waals surface area contributed by atoms with Crippen LogP contribution in [0.15, 0.2) is 30.0 Å². The zero-order valence-electron chi connectivity index (χ0n) is 7.41. The Bertz CT molecular complexity index is 356. The number of carbonyl (C=O) groups excluding carboxylic acids is 1. The highest BCUT2D eigenvalue weighted by Gasteiger charge is 1.96. The molecule has 0 heterocycles. The molecule has 0 aliphatic rings. The Morgan fingerprint density at radius 1 is 1.46 bits per heavy atom. The van der Waals surface area contributed by atoms with E-state index in [-0.39, 0.29) is 0 Å². The van der Waals surface area contributed by atoms with Crippen LogP contribution in [0, 0.1) is 0 Å². The Balaban J connectivity index is 3.04. The van der Waals surface area contributed by atoms with Gasteiger partial charge in [0.2, 0.25) is 0 Å². The van der Waals surface area contributed by atoms with Gasteiger partial charge in [-0.05, 0) is 18.7 Å². The van der Waals surface area contributed by atoms with Crippen molar-refractivity contribution in [3.63, 3.8) is 0 Å². The third kappa shape index (κ3) is 2.64. The van der Waals surface area contributed by atoms with E-state index in [1.54, 1.807) is 12.0 Å². The molecule has 0 atom stereocenters. The summed E-state index contributed by atoms with van der Waals surface area (Å²) >= 11 is 0. The molecule has 13 heavy (non-hydrogen) atoms. The van der Waals surface area contributed by atoms with Crippen molar-refractivity contribution in [2.24, 2.45) is 0 Å². The van der Waals surface area contributed by atoms with E-state index in [1.807, 2.05) is 31.2 Å². The molecular formula is C11H10O2. The largest absolute Gasteiger partial charge is 0.493 e. The number of hydrogen-bond donors (Lipinski definition) is 0. The van der Waals surface area contributed by atoms with E-state index in [0.717, 1.165) is 11.3 Å². The topological polar surface area (TPSA) is 26.3 Å². The van der Waals surface area contributed by atoms with Gasteiger partial charge in [-0.1, -0.05) is 18.2 Å². The summed E-state index contributed by atoms with van der Waals surface area (Å²) < 4.78 is 5.33. The average molecular weight is 174 g/mol. The molecule has 0 amide bonds. The number of para-hydroxylation sites is 1. The fourth-order valence-electron chi connectivity index (χ4n) is 0.994. The lowest BCUT2D eigenvalue weighted by Crippen LogP contribution is -1.92. The van der Waals surface area contributed by atoms with Crippen LogP contribution in [-0.2, 0) is 4.79 Å². The van der Waals surface area contributed by atoms with Crippen LogP contribution in [0.4, 0.5) is 0 Å². The lowest BCUT2D eigenvalue weighted by molar-refractivity contribution is 0.339. The van der Waals surface area contributed by atoms with E-state index in [1.165, 1.54) is 0 Å². The molecule has 0 unspecified atom stereocenters. The molecule has 1 rings (SSSR count). The maximum absolute atomic E-state index is 9.94. The van der Waals surface area contributed by atoms with Crippen molar-refractivity contribution >= 4 is 12.0 Å². The van der Waals surface area contributed by atoms with Gasteiger partial charge in [-0.2, -0.15) is 0 Å². The van der Waals surface area contributed by atoms with Gasteiger partial charge in [0.25, 0.3) is 0 Å². The van der Waals surface area contributed by atoms with Crippen molar-refractivity contribution in [2.45, 2.75) is 6.92 Å². The highest BCUT2D eigenvalue weighted by Crippen LogP contribution is 2.18. The summed E-state index contributed by atoms with van der Waals surface area (Å²) in [5.74, 6) is 2.33. The van der Waals surface area contributed by atoms with Crippen molar-refractivity contribution in [3.8, 4) is 5.75 Å². The molecule has 0 aliphatic heterocycles. The highest BCUT2D eigenvalue weighted by molar-refractivity contribution is 5.62. The minimum absolute atomic E-state index is 0.607. The smallest absolute Gasteiger partial charge is 0.177 e. The molecule has 0 spiro atoms. The highest BCUT2D eigenvalue weighted by atomic mass is 16.5. The van der Waals surface area contributed by atoms with Crippen molar-refractivity contribution in [3.05, 3.63) is 35.6 Å². The summed E-state index contributed by atoms with van der Waals surface area (Å²) in [6, 6.07) is 7.46. The van der Waals surface area contributed by atoms with E-state index in [9.17, 15) is 4.79 Å². The summed E-state index contributed by atoms with van der Waals surface area (Å²) in [7, 11) is 0. The summed E-state index contributed by atoms with van der Waals surface area (Å²) in [5.41, 5.74) is 3.19. The lowest BCUT2D eigenvalue weighted by atomic mass is 10.2. The monoisotopic (exact) mass is 174 g/mol. The van der Waals surface area contributed by atoms with Crippen LogP contribution in [0.3, 0.4) is 0 Å². The molecule has 0 saturated carbocycles. The maximum atomic E-state index is 9.94. The standard InChI is InChI=1S/C11H10O2/c1-2-13-11-8-4-3-6-10(11)7-5-9-12/h3-4,6-8H,2H2,1H3. The second kappa shape index (κ2) is 5.00. The molecule has 2 heteroatoms. The molecule has 0 N–H and O–H groups in total. The normalized spacial score (nSPS) is 8.38. The first-order valence-corrected chi connectivity index (χ1v) is 4.06. The molecule has 0 fully saturated rings. The zero-order chi connectivity index (χ0) is 9.52. The quantitative estimate of drug-likeness (QED) is 0.518. The lowest BCUT2D eigenvalue weighted by Gasteiger charge is -2.04. The zero-order valence-corrected chi connectivity index (χ0v) is 7.41. The SMILES string of the molecule is CCOc1ccccc1C=C=C=O. The Morgan fingerprint density at radius 3 is 2.92 bits per heavy atom. The molecule has 66 valence electrons. The van der Waals surface area contributed by atoms with E-state index >= 15 is 0 Å². The first kappa shape index (κ1) is 9.34. The van der Waals surface area contributed by atoms with Gasteiger partial charge in [-0.3, -0.25) is 0 Å². The Morgan fingerprint density at radius 2 is 2.23 bits per heavy atom. The molecule has 0 saturated heterocycles. The van der Waals surface area contributed by atoms with Crippen LogP contribution in [-0.4, -0.2) is 12.5 Å². The fourth-order valence-corrected chi connectivity index (χ4v) is 0.994. The van der Waals surface area contributed by atoms with Crippen molar-refractivity contribution in [1.29, 1.82) is 0 Å². The second-order valence-corrected chi connectivity index (χ2v) is 2.36. The van der Waals surface area contributed by atoms with Gasteiger partial charge in [0, 0.05) is 11.6 Å². The molecule has 0 radical (unpaired) electrons. The van der Waals surface area contributed by atoms with Gasteiger partial charge in [-0.25, -0.2) is 4.79 Å². The van der Waals surface area contributed by atoms with Gasteiger partial charge in [0.05, 0.1) is 6.61 Å². The van der Waals surface area contributed by atoms with Crippen molar-refractivity contribution in [2.75, 3.05) is 6.61 Å². The number of hydrogen-bond acceptors (Lipinski definition) is 2. The number of benzene rings is 1.